The van der Waals surface area contributed by atoms with Crippen LogP contribution in [0.3, 0.4) is 0 Å². The summed E-state index contributed by atoms with van der Waals surface area (Å²) in [6.07, 6.45) is 4.24. The number of thioether (sulfide) groups is 1. The van der Waals surface area contributed by atoms with E-state index in [0.717, 1.165) is 44.0 Å². The number of aliphatic hydroxyl groups is 1. The van der Waals surface area contributed by atoms with E-state index in [2.05, 4.69) is 19.9 Å². The van der Waals surface area contributed by atoms with Crippen LogP contribution in [0.25, 0.3) is 11.2 Å². The van der Waals surface area contributed by atoms with Crippen LogP contribution < -0.4 is 5.49 Å². The molecule has 7 nitrogen and oxygen atoms in total. The fourth-order valence-electron chi connectivity index (χ4n) is 2.44. The molecule has 0 aromatic carbocycles. The highest BCUT2D eigenvalue weighted by molar-refractivity contribution is 7.99. The van der Waals surface area contributed by atoms with Crippen molar-refractivity contribution < 1.29 is 5.11 Å². The first-order valence-corrected chi connectivity index (χ1v) is 7.74. The van der Waals surface area contributed by atoms with E-state index >= 15 is 0 Å². The average molecular weight is 294 g/mol. The molecule has 0 bridgehead atoms. The van der Waals surface area contributed by atoms with Gasteiger partial charge in [-0.2, -0.15) is 0 Å². The van der Waals surface area contributed by atoms with Crippen molar-refractivity contribution in [3.63, 3.8) is 0 Å². The number of β-amino-alcohol motifs (C(OH)–C–C–N with tert-alkyl or cyclic N) is 1. The van der Waals surface area contributed by atoms with E-state index in [-0.39, 0.29) is 10.9 Å². The number of hydrogen-bond donors (Lipinski definition) is 3. The van der Waals surface area contributed by atoms with Crippen LogP contribution in [-0.4, -0.2) is 60.3 Å². The molecule has 20 heavy (non-hydrogen) atoms. The third-order valence-electron chi connectivity index (χ3n) is 3.46. The van der Waals surface area contributed by atoms with Crippen LogP contribution in [0.1, 0.15) is 6.42 Å². The van der Waals surface area contributed by atoms with E-state index in [4.69, 9.17) is 5.41 Å². The first-order chi connectivity index (χ1) is 9.74. The number of imidazole rings is 1. The van der Waals surface area contributed by atoms with E-state index in [9.17, 15) is 5.11 Å². The minimum Gasteiger partial charge on any atom is -0.381 e. The average Bonchev–Trinajstić information content (AvgIpc) is 2.92. The fraction of sp³-hybridized carbons (Fsp3) is 0.583. The van der Waals surface area contributed by atoms with Gasteiger partial charge in [-0.05, 0) is 6.42 Å². The van der Waals surface area contributed by atoms with E-state index in [1.807, 2.05) is 4.57 Å². The van der Waals surface area contributed by atoms with Gasteiger partial charge in [-0.3, -0.25) is 10.3 Å². The molecule has 1 saturated heterocycles. The van der Waals surface area contributed by atoms with Crippen LogP contribution in [0.5, 0.6) is 0 Å². The number of aromatic nitrogens is 4. The summed E-state index contributed by atoms with van der Waals surface area (Å²) in [5, 5.41) is 17.3. The predicted octanol–water partition coefficient (Wildman–Crippen LogP) is -0.00383. The summed E-state index contributed by atoms with van der Waals surface area (Å²) in [5.41, 5.74) is 1.43. The van der Waals surface area contributed by atoms with Gasteiger partial charge in [0.15, 0.2) is 11.1 Å². The van der Waals surface area contributed by atoms with E-state index in [1.54, 1.807) is 24.4 Å². The Morgan fingerprint density at radius 2 is 2.35 bits per heavy atom. The third-order valence-corrected chi connectivity index (χ3v) is 4.41. The van der Waals surface area contributed by atoms with Crippen molar-refractivity contribution in [2.24, 2.45) is 0 Å². The fourth-order valence-corrected chi connectivity index (χ4v) is 3.39. The van der Waals surface area contributed by atoms with Gasteiger partial charge in [0.05, 0.1) is 12.7 Å². The lowest BCUT2D eigenvalue weighted by molar-refractivity contribution is 0.167. The molecule has 1 aliphatic heterocycles. The van der Waals surface area contributed by atoms with Crippen molar-refractivity contribution in [1.29, 1.82) is 5.41 Å². The molecule has 0 saturated carbocycles. The van der Waals surface area contributed by atoms with Crippen molar-refractivity contribution in [3.05, 3.63) is 18.1 Å². The van der Waals surface area contributed by atoms with Gasteiger partial charge in [-0.25, -0.2) is 9.97 Å². The molecule has 2 aromatic heterocycles. The zero-order chi connectivity index (χ0) is 13.9. The quantitative estimate of drug-likeness (QED) is 0.738. The second-order valence-electron chi connectivity index (χ2n) is 4.87. The number of aromatic amines is 1. The van der Waals surface area contributed by atoms with Gasteiger partial charge in [0, 0.05) is 31.9 Å². The Bertz CT molecular complexity index is 638. The van der Waals surface area contributed by atoms with Crippen molar-refractivity contribution in [2.75, 3.05) is 25.4 Å². The molecular formula is C12H18N6OS. The number of aryl methyl sites for hydroxylation is 1. The molecule has 2 aromatic rings. The van der Waals surface area contributed by atoms with Crippen LogP contribution in [0.2, 0.25) is 0 Å². The van der Waals surface area contributed by atoms with Gasteiger partial charge in [-0.1, -0.05) is 0 Å². The molecule has 0 radical (unpaired) electrons. The molecule has 3 N–H and O–H groups in total. The summed E-state index contributed by atoms with van der Waals surface area (Å²) in [6, 6.07) is 0. The topological polar surface area (TPSA) is 93.8 Å². The van der Waals surface area contributed by atoms with Gasteiger partial charge in [-0.15, -0.1) is 11.8 Å². The molecule has 3 rings (SSSR count). The Labute approximate surface area is 120 Å². The van der Waals surface area contributed by atoms with Gasteiger partial charge < -0.3 is 14.7 Å². The largest absolute Gasteiger partial charge is 0.381 e. The third kappa shape index (κ3) is 2.87. The van der Waals surface area contributed by atoms with Crippen LogP contribution in [0.15, 0.2) is 12.7 Å². The van der Waals surface area contributed by atoms with E-state index in [0.29, 0.717) is 5.52 Å². The summed E-state index contributed by atoms with van der Waals surface area (Å²) in [6.45, 7) is 3.55. The maximum absolute atomic E-state index is 9.61. The molecule has 0 amide bonds. The lowest BCUT2D eigenvalue weighted by Crippen LogP contribution is -2.38. The highest BCUT2D eigenvalue weighted by Gasteiger charge is 2.17. The van der Waals surface area contributed by atoms with Gasteiger partial charge in [0.2, 0.25) is 0 Å². The second-order valence-corrected chi connectivity index (χ2v) is 6.15. The number of hydrogen-bond acceptors (Lipinski definition) is 6. The highest BCUT2D eigenvalue weighted by Crippen LogP contribution is 2.16. The molecule has 3 heterocycles. The summed E-state index contributed by atoms with van der Waals surface area (Å²) in [4.78, 5) is 13.5. The van der Waals surface area contributed by atoms with Crippen molar-refractivity contribution in [2.45, 2.75) is 18.4 Å². The van der Waals surface area contributed by atoms with Crippen molar-refractivity contribution >= 4 is 22.9 Å². The normalized spacial score (nSPS) is 20.6. The van der Waals surface area contributed by atoms with Crippen LogP contribution in [-0.2, 0) is 6.54 Å². The first-order valence-electron chi connectivity index (χ1n) is 6.69. The van der Waals surface area contributed by atoms with Crippen LogP contribution in [0.4, 0.5) is 0 Å². The lowest BCUT2D eigenvalue weighted by Gasteiger charge is -2.29. The van der Waals surface area contributed by atoms with Crippen molar-refractivity contribution in [1.82, 2.24) is 24.4 Å². The smallest absolute Gasteiger partial charge is 0.173 e. The number of fused-ring (bicyclic) bond motifs is 1. The number of aliphatic hydroxyl groups excluding tert-OH is 1. The number of nitrogens with one attached hydrogen (secondary N) is 2. The monoisotopic (exact) mass is 294 g/mol. The maximum atomic E-state index is 9.61. The molecule has 108 valence electrons. The van der Waals surface area contributed by atoms with Crippen molar-refractivity contribution in [3.8, 4) is 0 Å². The minimum absolute atomic E-state index is 0.227. The van der Waals surface area contributed by atoms with Crippen LogP contribution >= 0.6 is 11.8 Å². The van der Waals surface area contributed by atoms with Crippen LogP contribution in [0, 0.1) is 5.41 Å². The Morgan fingerprint density at radius 1 is 1.45 bits per heavy atom. The molecule has 1 fully saturated rings. The molecule has 8 heteroatoms. The summed E-state index contributed by atoms with van der Waals surface area (Å²) >= 11 is 1.62. The molecule has 0 aliphatic carbocycles. The van der Waals surface area contributed by atoms with Gasteiger partial charge in [0.25, 0.3) is 0 Å². The van der Waals surface area contributed by atoms with E-state index in [1.165, 1.54) is 0 Å². The Kier molecular flexibility index (Phi) is 4.04. The number of H-pyrrole nitrogens is 1. The Balaban J connectivity index is 1.61. The lowest BCUT2D eigenvalue weighted by atomic mass is 10.3. The Morgan fingerprint density at radius 3 is 3.20 bits per heavy atom. The molecule has 0 spiro atoms. The predicted molar refractivity (Wildman–Crippen MR) is 77.3 cm³/mol. The zero-order valence-corrected chi connectivity index (χ0v) is 11.9. The molecular weight excluding hydrogens is 276 g/mol. The number of rotatable bonds is 4. The summed E-state index contributed by atoms with van der Waals surface area (Å²) < 4.78 is 1.97. The van der Waals surface area contributed by atoms with E-state index < -0.39 is 0 Å². The highest BCUT2D eigenvalue weighted by atomic mass is 32.2. The molecule has 1 aliphatic rings. The minimum atomic E-state index is -0.251. The second kappa shape index (κ2) is 5.94. The first kappa shape index (κ1) is 13.6. The maximum Gasteiger partial charge on any atom is 0.173 e. The molecule has 1 unspecified atom stereocenters. The van der Waals surface area contributed by atoms with Gasteiger partial charge >= 0.3 is 0 Å². The summed E-state index contributed by atoms with van der Waals surface area (Å²) in [5.74, 6) is 0.993. The Hall–Kier alpha value is -1.38. The SMILES string of the molecule is N=c1ncn(CCCN2CCSC(O)C2)c2nc[nH]c12. The summed E-state index contributed by atoms with van der Waals surface area (Å²) in [7, 11) is 0. The van der Waals surface area contributed by atoms with Gasteiger partial charge in [0.1, 0.15) is 11.0 Å². The molecule has 1 atom stereocenters. The number of nitrogens with zero attached hydrogens (tertiary/aromatic N) is 4. The zero-order valence-electron chi connectivity index (χ0n) is 11.1. The standard InChI is InChI=1S/C12H18N6OS/c13-11-10-12(15-7-14-10)18(8-16-11)3-1-2-17-4-5-20-9(19)6-17/h7-9,13,19H,1-6H2,(H,14,15).